The van der Waals surface area contributed by atoms with Crippen LogP contribution in [0.1, 0.15) is 39.5 Å². The van der Waals surface area contributed by atoms with Gasteiger partial charge in [-0.25, -0.2) is 0 Å². The molecule has 0 bridgehead atoms. The summed E-state index contributed by atoms with van der Waals surface area (Å²) in [6, 6.07) is -1.61. The smallest absolute Gasteiger partial charge is 0.322 e. The van der Waals surface area contributed by atoms with E-state index >= 15 is 0 Å². The Morgan fingerprint density at radius 1 is 0.867 bits per heavy atom. The molecule has 0 aliphatic carbocycles. The van der Waals surface area contributed by atoms with Crippen molar-refractivity contribution in [1.82, 2.24) is 21.3 Å². The van der Waals surface area contributed by atoms with Crippen molar-refractivity contribution >= 4 is 29.6 Å². The van der Waals surface area contributed by atoms with Crippen LogP contribution < -0.4 is 32.7 Å². The summed E-state index contributed by atoms with van der Waals surface area (Å²) in [6.45, 7) is 2.89. The highest BCUT2D eigenvalue weighted by Crippen LogP contribution is 2.06. The van der Waals surface area contributed by atoms with E-state index in [-0.39, 0.29) is 5.92 Å². The summed E-state index contributed by atoms with van der Waals surface area (Å²) >= 11 is 0. The number of carbonyl (C=O) groups excluding carboxylic acids is 4. The minimum absolute atomic E-state index is 0.0984. The lowest BCUT2D eigenvalue weighted by Gasteiger charge is -2.22. The Kier molecular flexibility index (Phi) is 13.8. The highest BCUT2D eigenvalue weighted by atomic mass is 16.4. The van der Waals surface area contributed by atoms with Crippen LogP contribution in [0, 0.1) is 5.92 Å². The van der Waals surface area contributed by atoms with Gasteiger partial charge in [-0.15, -0.1) is 0 Å². The first-order valence-corrected chi connectivity index (χ1v) is 9.85. The van der Waals surface area contributed by atoms with Gasteiger partial charge < -0.3 is 37.8 Å². The molecule has 0 aliphatic rings. The highest BCUT2D eigenvalue weighted by Gasteiger charge is 2.24. The van der Waals surface area contributed by atoms with E-state index in [4.69, 9.17) is 16.6 Å². The van der Waals surface area contributed by atoms with E-state index in [0.29, 0.717) is 25.8 Å². The largest absolute Gasteiger partial charge is 0.480 e. The molecule has 0 heterocycles. The Hall–Kier alpha value is -2.73. The predicted molar refractivity (Wildman–Crippen MR) is 109 cm³/mol. The number of amides is 4. The Morgan fingerprint density at radius 3 is 1.97 bits per heavy atom. The van der Waals surface area contributed by atoms with Gasteiger partial charge in [0.1, 0.15) is 12.6 Å². The summed E-state index contributed by atoms with van der Waals surface area (Å²) < 4.78 is 0. The molecule has 9 N–H and O–H groups in total. The standard InChI is InChI=1S/C18H34N6O6/c1-11(2)7-13(24-17(29)12(20)5-3-4-6-19)18(30)23-9-15(26)21-8-14(25)22-10-16(27)28/h11-13H,3-10,19-20H2,1-2H3,(H,21,26)(H,22,25)(H,23,30)(H,24,29)(H,27,28)/t12-,13-/m0/s1. The fourth-order valence-electron chi connectivity index (χ4n) is 2.39. The lowest BCUT2D eigenvalue weighted by molar-refractivity contribution is -0.137. The number of carboxylic acid groups (broad SMARTS) is 1. The zero-order chi connectivity index (χ0) is 23.1. The van der Waals surface area contributed by atoms with Gasteiger partial charge in [-0.2, -0.15) is 0 Å². The first-order chi connectivity index (χ1) is 14.1. The van der Waals surface area contributed by atoms with Crippen LogP contribution in [0.3, 0.4) is 0 Å². The third-order valence-corrected chi connectivity index (χ3v) is 3.95. The van der Waals surface area contributed by atoms with Gasteiger partial charge in [0, 0.05) is 0 Å². The summed E-state index contributed by atoms with van der Waals surface area (Å²) in [4.78, 5) is 58.1. The van der Waals surface area contributed by atoms with E-state index in [1.165, 1.54) is 0 Å². The van der Waals surface area contributed by atoms with Crippen molar-refractivity contribution in [3.05, 3.63) is 0 Å². The van der Waals surface area contributed by atoms with Gasteiger partial charge in [0.05, 0.1) is 19.1 Å². The minimum Gasteiger partial charge on any atom is -0.480 e. The maximum Gasteiger partial charge on any atom is 0.322 e. The molecule has 0 saturated carbocycles. The van der Waals surface area contributed by atoms with E-state index in [9.17, 15) is 24.0 Å². The summed E-state index contributed by atoms with van der Waals surface area (Å²) in [5.41, 5.74) is 11.3. The van der Waals surface area contributed by atoms with E-state index in [0.717, 1.165) is 6.42 Å². The Bertz CT molecular complexity index is 598. The number of nitrogens with one attached hydrogen (secondary N) is 4. The number of hydrogen-bond acceptors (Lipinski definition) is 7. The van der Waals surface area contributed by atoms with Crippen molar-refractivity contribution in [2.75, 3.05) is 26.2 Å². The molecule has 0 rings (SSSR count). The first-order valence-electron chi connectivity index (χ1n) is 9.85. The van der Waals surface area contributed by atoms with Crippen LogP contribution in [0.2, 0.25) is 0 Å². The van der Waals surface area contributed by atoms with Crippen molar-refractivity contribution in [3.63, 3.8) is 0 Å². The number of nitrogens with two attached hydrogens (primary N) is 2. The molecular formula is C18H34N6O6. The average Bonchev–Trinajstić information content (AvgIpc) is 2.67. The molecule has 0 spiro atoms. The number of carbonyl (C=O) groups is 5. The van der Waals surface area contributed by atoms with Crippen LogP contribution in [0.25, 0.3) is 0 Å². The number of unbranched alkanes of at least 4 members (excludes halogenated alkanes) is 1. The molecule has 0 aromatic carbocycles. The second kappa shape index (κ2) is 15.2. The van der Waals surface area contributed by atoms with Crippen LogP contribution in [-0.2, 0) is 24.0 Å². The lowest BCUT2D eigenvalue weighted by Crippen LogP contribution is -2.53. The molecule has 0 aromatic heterocycles. The quantitative estimate of drug-likeness (QED) is 0.137. The van der Waals surface area contributed by atoms with Gasteiger partial charge in [-0.05, 0) is 31.7 Å². The molecule has 0 radical (unpaired) electrons. The van der Waals surface area contributed by atoms with Gasteiger partial charge in [0.25, 0.3) is 0 Å². The zero-order valence-corrected chi connectivity index (χ0v) is 17.5. The summed E-state index contributed by atoms with van der Waals surface area (Å²) in [7, 11) is 0. The topological polar surface area (TPSA) is 206 Å². The van der Waals surface area contributed by atoms with E-state index in [1.807, 2.05) is 13.8 Å². The molecule has 2 atom stereocenters. The number of hydrogen-bond donors (Lipinski definition) is 7. The fourth-order valence-corrected chi connectivity index (χ4v) is 2.39. The Morgan fingerprint density at radius 2 is 1.43 bits per heavy atom. The van der Waals surface area contributed by atoms with Gasteiger partial charge in [0.15, 0.2) is 0 Å². The maximum absolute atomic E-state index is 12.4. The third kappa shape index (κ3) is 13.4. The molecule has 172 valence electrons. The van der Waals surface area contributed by atoms with Crippen LogP contribution in [0.4, 0.5) is 0 Å². The van der Waals surface area contributed by atoms with Gasteiger partial charge in [0.2, 0.25) is 23.6 Å². The third-order valence-electron chi connectivity index (χ3n) is 3.95. The van der Waals surface area contributed by atoms with Crippen molar-refractivity contribution in [3.8, 4) is 0 Å². The second-order valence-electron chi connectivity index (χ2n) is 7.25. The van der Waals surface area contributed by atoms with Crippen molar-refractivity contribution in [2.24, 2.45) is 17.4 Å². The molecule has 12 heteroatoms. The Balaban J connectivity index is 4.52. The fraction of sp³-hybridized carbons (Fsp3) is 0.722. The number of rotatable bonds is 15. The average molecular weight is 431 g/mol. The minimum atomic E-state index is -1.21. The summed E-state index contributed by atoms with van der Waals surface area (Å²) in [6.07, 6.45) is 2.25. The van der Waals surface area contributed by atoms with Crippen LogP contribution in [0.5, 0.6) is 0 Å². The SMILES string of the molecule is CC(C)C[C@H](NC(=O)[C@@H](N)CCCCN)C(=O)NCC(=O)NCC(=O)NCC(=O)O. The molecule has 0 saturated heterocycles. The Labute approximate surface area is 175 Å². The van der Waals surface area contributed by atoms with Crippen molar-refractivity contribution in [1.29, 1.82) is 0 Å². The number of carboxylic acids is 1. The monoisotopic (exact) mass is 430 g/mol. The van der Waals surface area contributed by atoms with Gasteiger partial charge >= 0.3 is 5.97 Å². The molecule has 30 heavy (non-hydrogen) atoms. The molecule has 0 aliphatic heterocycles. The van der Waals surface area contributed by atoms with E-state index < -0.39 is 61.3 Å². The molecule has 0 unspecified atom stereocenters. The zero-order valence-electron chi connectivity index (χ0n) is 17.5. The molecule has 4 amide bonds. The normalized spacial score (nSPS) is 12.6. The van der Waals surface area contributed by atoms with E-state index in [2.05, 4.69) is 21.3 Å². The van der Waals surface area contributed by atoms with Crippen molar-refractivity contribution < 1.29 is 29.1 Å². The predicted octanol–water partition coefficient (Wildman–Crippen LogP) is -2.59. The first kappa shape index (κ1) is 27.3. The number of aliphatic carboxylic acids is 1. The van der Waals surface area contributed by atoms with Crippen molar-refractivity contribution in [2.45, 2.75) is 51.6 Å². The molecule has 12 nitrogen and oxygen atoms in total. The second-order valence-corrected chi connectivity index (χ2v) is 7.25. The highest BCUT2D eigenvalue weighted by molar-refractivity contribution is 5.92. The summed E-state index contributed by atoms with van der Waals surface area (Å²) in [5, 5.41) is 17.8. The lowest BCUT2D eigenvalue weighted by atomic mass is 10.0. The summed E-state index contributed by atoms with van der Waals surface area (Å²) in [5.74, 6) is -3.42. The van der Waals surface area contributed by atoms with Crippen LogP contribution in [0.15, 0.2) is 0 Å². The van der Waals surface area contributed by atoms with E-state index in [1.54, 1.807) is 0 Å². The van der Waals surface area contributed by atoms with Gasteiger partial charge in [-0.1, -0.05) is 20.3 Å². The van der Waals surface area contributed by atoms with Crippen LogP contribution in [-0.4, -0.2) is 73.0 Å². The van der Waals surface area contributed by atoms with Gasteiger partial charge in [-0.3, -0.25) is 24.0 Å². The molecule has 0 aromatic rings. The molecule has 0 fully saturated rings. The molecular weight excluding hydrogens is 396 g/mol. The maximum atomic E-state index is 12.4. The van der Waals surface area contributed by atoms with Crippen LogP contribution >= 0.6 is 0 Å².